The van der Waals surface area contributed by atoms with Gasteiger partial charge in [-0.25, -0.2) is 0 Å². The van der Waals surface area contributed by atoms with Crippen molar-refractivity contribution in [3.63, 3.8) is 0 Å². The number of hydrogen-bond acceptors (Lipinski definition) is 4. The van der Waals surface area contributed by atoms with Crippen LogP contribution in [0.25, 0.3) is 5.65 Å². The standard InChI is InChI=1S/C17H18N4OS/c1-11-10-14(23-12(11)2)17(22)20-9-5-6-13(20)16-19-18-15-7-3-4-8-21(15)16/h3-4,7-8,10,13H,5-6,9H2,1-2H3/t13-/m0/s1. The Bertz CT molecular complexity index is 862. The zero-order valence-electron chi connectivity index (χ0n) is 13.2. The molecule has 0 unspecified atom stereocenters. The van der Waals surface area contributed by atoms with Crippen LogP contribution in [0, 0.1) is 13.8 Å². The summed E-state index contributed by atoms with van der Waals surface area (Å²) in [6.45, 7) is 4.89. The largest absolute Gasteiger partial charge is 0.328 e. The number of aryl methyl sites for hydroxylation is 2. The van der Waals surface area contributed by atoms with Gasteiger partial charge in [0.05, 0.1) is 10.9 Å². The van der Waals surface area contributed by atoms with Gasteiger partial charge in [-0.2, -0.15) is 0 Å². The Balaban J connectivity index is 1.70. The van der Waals surface area contributed by atoms with Crippen LogP contribution in [0.2, 0.25) is 0 Å². The number of likely N-dealkylation sites (tertiary alicyclic amines) is 1. The van der Waals surface area contributed by atoms with E-state index in [1.54, 1.807) is 11.3 Å². The molecule has 0 aliphatic carbocycles. The highest BCUT2D eigenvalue weighted by Crippen LogP contribution is 2.34. The van der Waals surface area contributed by atoms with Crippen LogP contribution < -0.4 is 0 Å². The molecule has 118 valence electrons. The molecule has 0 aromatic carbocycles. The summed E-state index contributed by atoms with van der Waals surface area (Å²) in [7, 11) is 0. The number of thiophene rings is 1. The molecule has 3 aromatic heterocycles. The van der Waals surface area contributed by atoms with Gasteiger partial charge in [0.25, 0.3) is 5.91 Å². The molecule has 1 saturated heterocycles. The minimum absolute atomic E-state index is 0.00242. The minimum atomic E-state index is 0.00242. The molecule has 0 radical (unpaired) electrons. The lowest BCUT2D eigenvalue weighted by molar-refractivity contribution is 0.0734. The van der Waals surface area contributed by atoms with Gasteiger partial charge in [0, 0.05) is 17.6 Å². The molecule has 1 fully saturated rings. The molecular formula is C17H18N4OS. The monoisotopic (exact) mass is 326 g/mol. The molecule has 0 N–H and O–H groups in total. The first-order valence-electron chi connectivity index (χ1n) is 7.83. The highest BCUT2D eigenvalue weighted by atomic mass is 32.1. The predicted molar refractivity (Wildman–Crippen MR) is 89.8 cm³/mol. The lowest BCUT2D eigenvalue weighted by Gasteiger charge is -2.22. The topological polar surface area (TPSA) is 50.5 Å². The van der Waals surface area contributed by atoms with Gasteiger partial charge in [-0.15, -0.1) is 21.5 Å². The number of hydrogen-bond donors (Lipinski definition) is 0. The van der Waals surface area contributed by atoms with E-state index < -0.39 is 0 Å². The van der Waals surface area contributed by atoms with E-state index in [0.717, 1.165) is 35.7 Å². The number of nitrogens with zero attached hydrogens (tertiary/aromatic N) is 4. The van der Waals surface area contributed by atoms with E-state index in [0.29, 0.717) is 0 Å². The van der Waals surface area contributed by atoms with Crippen LogP contribution in [0.1, 0.15) is 44.8 Å². The van der Waals surface area contributed by atoms with Gasteiger partial charge >= 0.3 is 0 Å². The first kappa shape index (κ1) is 14.4. The SMILES string of the molecule is Cc1cc(C(=O)N2CCC[C@H]2c2nnc3ccccn23)sc1C. The molecule has 1 amide bonds. The number of aromatic nitrogens is 3. The number of rotatable bonds is 2. The van der Waals surface area contributed by atoms with Crippen molar-refractivity contribution in [3.8, 4) is 0 Å². The van der Waals surface area contributed by atoms with Crippen molar-refractivity contribution in [2.45, 2.75) is 32.7 Å². The predicted octanol–water partition coefficient (Wildman–Crippen LogP) is 3.38. The Morgan fingerprint density at radius 3 is 2.96 bits per heavy atom. The van der Waals surface area contributed by atoms with Gasteiger partial charge in [-0.05, 0) is 50.5 Å². The van der Waals surface area contributed by atoms with Crippen LogP contribution in [0.3, 0.4) is 0 Å². The van der Waals surface area contributed by atoms with E-state index in [4.69, 9.17) is 0 Å². The summed E-state index contributed by atoms with van der Waals surface area (Å²) in [5, 5.41) is 8.57. The molecule has 4 rings (SSSR count). The summed E-state index contributed by atoms with van der Waals surface area (Å²) < 4.78 is 1.99. The average Bonchev–Trinajstić information content (AvgIpc) is 3.25. The van der Waals surface area contributed by atoms with E-state index >= 15 is 0 Å². The molecule has 0 spiro atoms. The van der Waals surface area contributed by atoms with Gasteiger partial charge in [-0.1, -0.05) is 6.07 Å². The fourth-order valence-electron chi connectivity index (χ4n) is 3.19. The van der Waals surface area contributed by atoms with Crippen molar-refractivity contribution in [3.05, 3.63) is 51.6 Å². The molecule has 4 heterocycles. The van der Waals surface area contributed by atoms with Gasteiger partial charge in [-0.3, -0.25) is 9.20 Å². The van der Waals surface area contributed by atoms with Crippen LogP contribution >= 0.6 is 11.3 Å². The molecule has 6 heteroatoms. The average molecular weight is 326 g/mol. The zero-order chi connectivity index (χ0) is 16.0. The second kappa shape index (κ2) is 5.45. The number of amides is 1. The molecule has 0 bridgehead atoms. The summed E-state index contributed by atoms with van der Waals surface area (Å²) in [5.41, 5.74) is 2.01. The van der Waals surface area contributed by atoms with Gasteiger partial charge in [0.1, 0.15) is 0 Å². The fourth-order valence-corrected chi connectivity index (χ4v) is 4.18. The van der Waals surface area contributed by atoms with Crippen LogP contribution in [-0.2, 0) is 0 Å². The van der Waals surface area contributed by atoms with Crippen LogP contribution in [0.5, 0.6) is 0 Å². The first-order chi connectivity index (χ1) is 11.1. The van der Waals surface area contributed by atoms with E-state index in [1.807, 2.05) is 39.8 Å². The van der Waals surface area contributed by atoms with Crippen LogP contribution in [0.15, 0.2) is 30.5 Å². The lowest BCUT2D eigenvalue weighted by atomic mass is 10.2. The maximum Gasteiger partial charge on any atom is 0.264 e. The Hall–Kier alpha value is -2.21. The van der Waals surface area contributed by atoms with Gasteiger partial charge < -0.3 is 4.90 Å². The van der Waals surface area contributed by atoms with Gasteiger partial charge in [0.15, 0.2) is 11.5 Å². The number of fused-ring (bicyclic) bond motifs is 1. The van der Waals surface area contributed by atoms with Crippen molar-refractivity contribution >= 4 is 22.9 Å². The Labute approximate surface area is 138 Å². The number of pyridine rings is 1. The maximum absolute atomic E-state index is 12.9. The number of carbonyl (C=O) groups is 1. The normalized spacial score (nSPS) is 18.0. The Morgan fingerprint density at radius 1 is 1.30 bits per heavy atom. The molecular weight excluding hydrogens is 308 g/mol. The third-order valence-electron chi connectivity index (χ3n) is 4.53. The van der Waals surface area contributed by atoms with E-state index in [1.165, 1.54) is 10.4 Å². The Morgan fingerprint density at radius 2 is 2.17 bits per heavy atom. The van der Waals surface area contributed by atoms with E-state index in [9.17, 15) is 4.79 Å². The molecule has 1 aliphatic heterocycles. The second-order valence-electron chi connectivity index (χ2n) is 5.99. The van der Waals surface area contributed by atoms with Crippen molar-refractivity contribution in [2.24, 2.45) is 0 Å². The third kappa shape index (κ3) is 2.34. The van der Waals surface area contributed by atoms with Gasteiger partial charge in [0.2, 0.25) is 0 Å². The minimum Gasteiger partial charge on any atom is -0.328 e. The smallest absolute Gasteiger partial charge is 0.264 e. The lowest BCUT2D eigenvalue weighted by Crippen LogP contribution is -2.31. The van der Waals surface area contributed by atoms with Crippen molar-refractivity contribution in [1.82, 2.24) is 19.5 Å². The molecule has 3 aromatic rings. The maximum atomic E-state index is 12.9. The van der Waals surface area contributed by atoms with Crippen LogP contribution in [-0.4, -0.2) is 31.9 Å². The van der Waals surface area contributed by atoms with E-state index in [2.05, 4.69) is 24.0 Å². The summed E-state index contributed by atoms with van der Waals surface area (Å²) in [6, 6.07) is 7.85. The molecule has 0 saturated carbocycles. The number of carbonyl (C=O) groups excluding carboxylic acids is 1. The molecule has 1 atom stereocenters. The van der Waals surface area contributed by atoms with E-state index in [-0.39, 0.29) is 11.9 Å². The Kier molecular flexibility index (Phi) is 3.41. The first-order valence-corrected chi connectivity index (χ1v) is 8.64. The molecule has 1 aliphatic rings. The molecule has 5 nitrogen and oxygen atoms in total. The van der Waals surface area contributed by atoms with Crippen molar-refractivity contribution in [1.29, 1.82) is 0 Å². The fraction of sp³-hybridized carbons (Fsp3) is 0.353. The molecule has 23 heavy (non-hydrogen) atoms. The highest BCUT2D eigenvalue weighted by Gasteiger charge is 2.34. The quantitative estimate of drug-likeness (QED) is 0.725. The van der Waals surface area contributed by atoms with Crippen molar-refractivity contribution in [2.75, 3.05) is 6.54 Å². The third-order valence-corrected chi connectivity index (χ3v) is 5.67. The second-order valence-corrected chi connectivity index (χ2v) is 7.25. The summed E-state index contributed by atoms with van der Waals surface area (Å²) >= 11 is 1.58. The summed E-state index contributed by atoms with van der Waals surface area (Å²) in [6.07, 6.45) is 3.90. The highest BCUT2D eigenvalue weighted by molar-refractivity contribution is 7.14. The van der Waals surface area contributed by atoms with Crippen molar-refractivity contribution < 1.29 is 4.79 Å². The summed E-state index contributed by atoms with van der Waals surface area (Å²) in [5.74, 6) is 0.970. The zero-order valence-corrected chi connectivity index (χ0v) is 14.0. The van der Waals surface area contributed by atoms with Crippen LogP contribution in [0.4, 0.5) is 0 Å². The summed E-state index contributed by atoms with van der Waals surface area (Å²) in [4.78, 5) is 16.9.